The maximum Gasteiger partial charge on any atom is 0.244 e. The lowest BCUT2D eigenvalue weighted by Crippen LogP contribution is -2.26. The van der Waals surface area contributed by atoms with Gasteiger partial charge in [-0.2, -0.15) is 4.98 Å². The van der Waals surface area contributed by atoms with E-state index >= 15 is 0 Å². The summed E-state index contributed by atoms with van der Waals surface area (Å²) < 4.78 is 0. The molecule has 0 spiro atoms. The van der Waals surface area contributed by atoms with Crippen LogP contribution in [-0.4, -0.2) is 34.3 Å². The Labute approximate surface area is 82.7 Å². The Morgan fingerprint density at radius 3 is 2.86 bits per heavy atom. The second-order valence-electron chi connectivity index (χ2n) is 4.29. The number of nitrogens with one attached hydrogen (secondary N) is 1. The lowest BCUT2D eigenvalue weighted by Gasteiger charge is -2.11. The van der Waals surface area contributed by atoms with Crippen LogP contribution in [-0.2, 0) is 0 Å². The van der Waals surface area contributed by atoms with Gasteiger partial charge < -0.3 is 10.6 Å². The first-order chi connectivity index (χ1) is 6.83. The van der Waals surface area contributed by atoms with Crippen LogP contribution in [0.25, 0.3) is 0 Å². The van der Waals surface area contributed by atoms with Gasteiger partial charge in [0.1, 0.15) is 5.82 Å². The molecule has 1 aromatic heterocycles. The number of aromatic nitrogens is 3. The highest BCUT2D eigenvalue weighted by molar-refractivity contribution is 5.32. The third-order valence-electron chi connectivity index (χ3n) is 2.96. The molecule has 2 heterocycles. The van der Waals surface area contributed by atoms with Gasteiger partial charge in [0, 0.05) is 25.0 Å². The molecule has 1 atom stereocenters. The van der Waals surface area contributed by atoms with Gasteiger partial charge in [0.15, 0.2) is 0 Å². The van der Waals surface area contributed by atoms with Crippen LogP contribution in [0.3, 0.4) is 0 Å². The van der Waals surface area contributed by atoms with E-state index in [1.165, 1.54) is 12.8 Å². The topological polar surface area (TPSA) is 70.8 Å². The third-order valence-corrected chi connectivity index (χ3v) is 2.96. The first-order valence-electron chi connectivity index (χ1n) is 5.26. The first-order valence-corrected chi connectivity index (χ1v) is 5.26. The summed E-state index contributed by atoms with van der Waals surface area (Å²) in [5, 5.41) is 7.24. The molecule has 2 aliphatic rings. The predicted molar refractivity (Wildman–Crippen MR) is 53.2 cm³/mol. The summed E-state index contributed by atoms with van der Waals surface area (Å²) in [6, 6.07) is 0.290. The second kappa shape index (κ2) is 2.95. The highest BCUT2D eigenvalue weighted by Gasteiger charge is 2.29. The van der Waals surface area contributed by atoms with Gasteiger partial charge in [0.2, 0.25) is 5.95 Å². The molecule has 2 fully saturated rings. The average molecular weight is 193 g/mol. The third kappa shape index (κ3) is 1.37. The molecule has 1 saturated carbocycles. The standard InChI is InChI=1S/C9H15N5/c10-7-3-4-14(5-7)9-11-8(12-13-9)6-1-2-6/h6-7H,1-5,10H2,(H,11,12,13). The Hall–Kier alpha value is -1.10. The van der Waals surface area contributed by atoms with Crippen LogP contribution >= 0.6 is 0 Å². The highest BCUT2D eigenvalue weighted by Crippen LogP contribution is 2.38. The smallest absolute Gasteiger partial charge is 0.244 e. The zero-order chi connectivity index (χ0) is 9.54. The summed E-state index contributed by atoms with van der Waals surface area (Å²) in [5.41, 5.74) is 5.83. The number of aromatic amines is 1. The monoisotopic (exact) mass is 193 g/mol. The van der Waals surface area contributed by atoms with E-state index < -0.39 is 0 Å². The average Bonchev–Trinajstić information content (AvgIpc) is 2.76. The van der Waals surface area contributed by atoms with Crippen LogP contribution in [0.5, 0.6) is 0 Å². The number of H-pyrrole nitrogens is 1. The van der Waals surface area contributed by atoms with Gasteiger partial charge in [0.25, 0.3) is 0 Å². The van der Waals surface area contributed by atoms with Crippen molar-refractivity contribution in [3.05, 3.63) is 5.82 Å². The Kier molecular flexibility index (Phi) is 1.73. The quantitative estimate of drug-likeness (QED) is 0.705. The van der Waals surface area contributed by atoms with E-state index in [-0.39, 0.29) is 6.04 Å². The van der Waals surface area contributed by atoms with Gasteiger partial charge >= 0.3 is 0 Å². The van der Waals surface area contributed by atoms with Gasteiger partial charge in [-0.3, -0.25) is 5.10 Å². The van der Waals surface area contributed by atoms with E-state index in [4.69, 9.17) is 5.73 Å². The lowest BCUT2D eigenvalue weighted by molar-refractivity contribution is 0.750. The Morgan fingerprint density at radius 2 is 2.21 bits per heavy atom. The van der Waals surface area contributed by atoms with E-state index in [1.807, 2.05) is 0 Å². The minimum atomic E-state index is 0.290. The molecule has 3 N–H and O–H groups in total. The van der Waals surface area contributed by atoms with Gasteiger partial charge in [-0.05, 0) is 19.3 Å². The number of nitrogens with zero attached hydrogens (tertiary/aromatic N) is 3. The Balaban J connectivity index is 1.75. The summed E-state index contributed by atoms with van der Waals surface area (Å²) in [6.07, 6.45) is 3.57. The van der Waals surface area contributed by atoms with Gasteiger partial charge in [-0.1, -0.05) is 0 Å². The SMILES string of the molecule is NC1CCN(c2n[nH]c(C3CC3)n2)C1. The molecule has 14 heavy (non-hydrogen) atoms. The van der Waals surface area contributed by atoms with E-state index in [1.54, 1.807) is 0 Å². The summed E-state index contributed by atoms with van der Waals surface area (Å²) in [7, 11) is 0. The van der Waals surface area contributed by atoms with Crippen molar-refractivity contribution in [2.45, 2.75) is 31.2 Å². The molecule has 76 valence electrons. The van der Waals surface area contributed by atoms with Crippen molar-refractivity contribution in [1.82, 2.24) is 15.2 Å². The fourth-order valence-corrected chi connectivity index (χ4v) is 1.91. The van der Waals surface area contributed by atoms with Crippen molar-refractivity contribution in [3.8, 4) is 0 Å². The fraction of sp³-hybridized carbons (Fsp3) is 0.778. The minimum Gasteiger partial charge on any atom is -0.338 e. The van der Waals surface area contributed by atoms with Gasteiger partial charge in [-0.25, -0.2) is 0 Å². The van der Waals surface area contributed by atoms with Crippen molar-refractivity contribution < 1.29 is 0 Å². The van der Waals surface area contributed by atoms with Crippen LogP contribution in [0.1, 0.15) is 31.0 Å². The van der Waals surface area contributed by atoms with E-state index in [9.17, 15) is 0 Å². The Morgan fingerprint density at radius 1 is 1.36 bits per heavy atom. The normalized spacial score (nSPS) is 27.2. The molecule has 0 bridgehead atoms. The molecule has 1 unspecified atom stereocenters. The summed E-state index contributed by atoms with van der Waals surface area (Å²) >= 11 is 0. The molecular formula is C9H15N5. The van der Waals surface area contributed by atoms with Gasteiger partial charge in [0.05, 0.1) is 0 Å². The van der Waals surface area contributed by atoms with E-state index in [2.05, 4.69) is 20.1 Å². The molecule has 5 nitrogen and oxygen atoms in total. The van der Waals surface area contributed by atoms with Crippen LogP contribution in [0.2, 0.25) is 0 Å². The fourth-order valence-electron chi connectivity index (χ4n) is 1.91. The van der Waals surface area contributed by atoms with Crippen molar-refractivity contribution >= 4 is 5.95 Å². The van der Waals surface area contributed by atoms with Crippen LogP contribution < -0.4 is 10.6 Å². The van der Waals surface area contributed by atoms with E-state index in [0.717, 1.165) is 31.3 Å². The predicted octanol–water partition coefficient (Wildman–Crippen LogP) is 0.219. The number of anilines is 1. The zero-order valence-electron chi connectivity index (χ0n) is 8.11. The highest BCUT2D eigenvalue weighted by atomic mass is 15.4. The molecule has 0 amide bonds. The summed E-state index contributed by atoms with van der Waals surface area (Å²) in [5.74, 6) is 2.54. The number of nitrogens with two attached hydrogens (primary N) is 1. The van der Waals surface area contributed by atoms with Crippen molar-refractivity contribution in [1.29, 1.82) is 0 Å². The van der Waals surface area contributed by atoms with Gasteiger partial charge in [-0.15, -0.1) is 5.10 Å². The molecule has 1 saturated heterocycles. The number of hydrogen-bond donors (Lipinski definition) is 2. The lowest BCUT2D eigenvalue weighted by atomic mass is 10.3. The summed E-state index contributed by atoms with van der Waals surface area (Å²) in [6.45, 7) is 1.88. The van der Waals surface area contributed by atoms with Crippen molar-refractivity contribution in [3.63, 3.8) is 0 Å². The molecular weight excluding hydrogens is 178 g/mol. The summed E-state index contributed by atoms with van der Waals surface area (Å²) in [4.78, 5) is 6.65. The molecule has 0 aromatic carbocycles. The van der Waals surface area contributed by atoms with Crippen molar-refractivity contribution in [2.75, 3.05) is 18.0 Å². The first kappa shape index (κ1) is 8.23. The molecule has 3 rings (SSSR count). The van der Waals surface area contributed by atoms with Crippen LogP contribution in [0, 0.1) is 0 Å². The molecule has 1 aromatic rings. The largest absolute Gasteiger partial charge is 0.338 e. The van der Waals surface area contributed by atoms with Crippen LogP contribution in [0.15, 0.2) is 0 Å². The number of rotatable bonds is 2. The van der Waals surface area contributed by atoms with Crippen molar-refractivity contribution in [2.24, 2.45) is 5.73 Å². The maximum atomic E-state index is 5.83. The van der Waals surface area contributed by atoms with Crippen LogP contribution in [0.4, 0.5) is 5.95 Å². The number of hydrogen-bond acceptors (Lipinski definition) is 4. The Bertz CT molecular complexity index is 330. The maximum absolute atomic E-state index is 5.83. The second-order valence-corrected chi connectivity index (χ2v) is 4.29. The molecule has 5 heteroatoms. The molecule has 1 aliphatic carbocycles. The van der Waals surface area contributed by atoms with E-state index in [0.29, 0.717) is 5.92 Å². The zero-order valence-corrected chi connectivity index (χ0v) is 8.11. The molecule has 0 radical (unpaired) electrons. The molecule has 1 aliphatic heterocycles. The minimum absolute atomic E-state index is 0.290.